The number of rotatable bonds is 2. The van der Waals surface area contributed by atoms with E-state index in [0.29, 0.717) is 6.04 Å². The van der Waals surface area contributed by atoms with Crippen molar-refractivity contribution in [2.45, 2.75) is 45.1 Å². The fourth-order valence-corrected chi connectivity index (χ4v) is 3.98. The van der Waals surface area contributed by atoms with Crippen LogP contribution in [-0.2, 0) is 6.42 Å². The van der Waals surface area contributed by atoms with Crippen LogP contribution in [0.15, 0.2) is 42.5 Å². The summed E-state index contributed by atoms with van der Waals surface area (Å²) < 4.78 is 0. The van der Waals surface area contributed by atoms with Gasteiger partial charge >= 0.3 is 0 Å². The summed E-state index contributed by atoms with van der Waals surface area (Å²) in [7, 11) is 0. The molecule has 2 aromatic carbocycles. The topological polar surface area (TPSA) is 12.0 Å². The van der Waals surface area contributed by atoms with E-state index in [2.05, 4.69) is 54.7 Å². The second-order valence-corrected chi connectivity index (χ2v) is 6.72. The van der Waals surface area contributed by atoms with E-state index < -0.39 is 0 Å². The van der Waals surface area contributed by atoms with Gasteiger partial charge in [-0.2, -0.15) is 0 Å². The summed E-state index contributed by atoms with van der Waals surface area (Å²) >= 11 is 0. The lowest BCUT2D eigenvalue weighted by atomic mass is 9.86. The number of anilines is 1. The minimum Gasteiger partial charge on any atom is -0.382 e. The first-order chi connectivity index (χ1) is 10.3. The van der Waals surface area contributed by atoms with E-state index >= 15 is 0 Å². The first-order valence-electron chi connectivity index (χ1n) is 8.29. The predicted molar refractivity (Wildman–Crippen MR) is 89.7 cm³/mol. The number of benzene rings is 2. The molecule has 1 N–H and O–H groups in total. The van der Waals surface area contributed by atoms with Crippen LogP contribution in [-0.4, -0.2) is 6.04 Å². The zero-order valence-corrected chi connectivity index (χ0v) is 12.7. The Morgan fingerprint density at radius 1 is 0.905 bits per heavy atom. The third-order valence-electron chi connectivity index (χ3n) is 5.26. The van der Waals surface area contributed by atoms with Crippen molar-refractivity contribution in [1.29, 1.82) is 0 Å². The highest BCUT2D eigenvalue weighted by molar-refractivity contribution is 5.78. The minimum atomic E-state index is 0.653. The molecule has 0 spiro atoms. The highest BCUT2D eigenvalue weighted by atomic mass is 14.9. The van der Waals surface area contributed by atoms with Crippen molar-refractivity contribution in [3.63, 3.8) is 0 Å². The lowest BCUT2D eigenvalue weighted by Crippen LogP contribution is -2.30. The maximum atomic E-state index is 3.79. The molecular weight excluding hydrogens is 254 g/mol. The van der Waals surface area contributed by atoms with Gasteiger partial charge in [0, 0.05) is 11.7 Å². The molecule has 0 saturated heterocycles. The molecule has 2 aliphatic carbocycles. The van der Waals surface area contributed by atoms with Crippen molar-refractivity contribution in [2.75, 3.05) is 5.32 Å². The molecule has 2 aliphatic rings. The van der Waals surface area contributed by atoms with Crippen LogP contribution in [0.1, 0.15) is 43.7 Å². The van der Waals surface area contributed by atoms with E-state index in [1.54, 1.807) is 0 Å². The molecule has 4 rings (SSSR count). The molecule has 0 radical (unpaired) electrons. The SMILES string of the molecule is CC1CCCCC1Nc1ccc2c(c1)Cc1ccccc1-2. The summed E-state index contributed by atoms with van der Waals surface area (Å²) in [6, 6.07) is 16.4. The van der Waals surface area contributed by atoms with Gasteiger partial charge in [-0.1, -0.05) is 50.1 Å². The highest BCUT2D eigenvalue weighted by Gasteiger charge is 2.22. The summed E-state index contributed by atoms with van der Waals surface area (Å²) in [5.41, 5.74) is 7.10. The maximum absolute atomic E-state index is 3.79. The van der Waals surface area contributed by atoms with Gasteiger partial charge in [0.2, 0.25) is 0 Å². The first-order valence-corrected chi connectivity index (χ1v) is 8.29. The Bertz CT molecular complexity index is 659. The molecule has 2 unspecified atom stereocenters. The van der Waals surface area contributed by atoms with Crippen molar-refractivity contribution in [1.82, 2.24) is 0 Å². The molecule has 2 aromatic rings. The number of nitrogens with one attached hydrogen (secondary N) is 1. The molecule has 1 saturated carbocycles. The molecule has 0 heterocycles. The van der Waals surface area contributed by atoms with E-state index in [0.717, 1.165) is 12.3 Å². The van der Waals surface area contributed by atoms with E-state index in [-0.39, 0.29) is 0 Å². The van der Waals surface area contributed by atoms with Crippen LogP contribution in [0.4, 0.5) is 5.69 Å². The van der Waals surface area contributed by atoms with Gasteiger partial charge in [0.15, 0.2) is 0 Å². The molecule has 1 heteroatoms. The Hall–Kier alpha value is -1.76. The van der Waals surface area contributed by atoms with E-state index in [1.807, 2.05) is 0 Å². The van der Waals surface area contributed by atoms with Crippen LogP contribution in [0.2, 0.25) is 0 Å². The Morgan fingerprint density at radius 3 is 2.62 bits per heavy atom. The molecule has 2 atom stereocenters. The van der Waals surface area contributed by atoms with Gasteiger partial charge < -0.3 is 5.32 Å². The highest BCUT2D eigenvalue weighted by Crippen LogP contribution is 2.38. The van der Waals surface area contributed by atoms with Gasteiger partial charge in [0.05, 0.1) is 0 Å². The molecule has 0 amide bonds. The fourth-order valence-electron chi connectivity index (χ4n) is 3.98. The summed E-state index contributed by atoms with van der Waals surface area (Å²) in [6.45, 7) is 2.39. The van der Waals surface area contributed by atoms with Gasteiger partial charge in [-0.05, 0) is 59.6 Å². The predicted octanol–water partition coefficient (Wildman–Crippen LogP) is 5.25. The third-order valence-corrected chi connectivity index (χ3v) is 5.26. The zero-order chi connectivity index (χ0) is 14.2. The second-order valence-electron chi connectivity index (χ2n) is 6.72. The number of hydrogen-bond acceptors (Lipinski definition) is 1. The largest absolute Gasteiger partial charge is 0.382 e. The minimum absolute atomic E-state index is 0.653. The lowest BCUT2D eigenvalue weighted by Gasteiger charge is -2.30. The molecule has 0 aromatic heterocycles. The number of fused-ring (bicyclic) bond motifs is 3. The third kappa shape index (κ3) is 2.35. The molecule has 108 valence electrons. The molecule has 0 aliphatic heterocycles. The Balaban J connectivity index is 1.58. The quantitative estimate of drug-likeness (QED) is 0.674. The van der Waals surface area contributed by atoms with Crippen LogP contribution < -0.4 is 5.32 Å². The van der Waals surface area contributed by atoms with Crippen molar-refractivity contribution in [2.24, 2.45) is 5.92 Å². The fraction of sp³-hybridized carbons (Fsp3) is 0.400. The molecule has 21 heavy (non-hydrogen) atoms. The van der Waals surface area contributed by atoms with Crippen molar-refractivity contribution in [3.8, 4) is 11.1 Å². The molecular formula is C20H23N. The smallest absolute Gasteiger partial charge is 0.0345 e. The summed E-state index contributed by atoms with van der Waals surface area (Å²) in [5.74, 6) is 0.796. The monoisotopic (exact) mass is 277 g/mol. The summed E-state index contributed by atoms with van der Waals surface area (Å²) in [6.07, 6.45) is 6.55. The van der Waals surface area contributed by atoms with E-state index in [4.69, 9.17) is 0 Å². The normalized spacial score (nSPS) is 23.5. The molecule has 1 fully saturated rings. The Labute approximate surface area is 127 Å². The van der Waals surface area contributed by atoms with Gasteiger partial charge in [0.1, 0.15) is 0 Å². The van der Waals surface area contributed by atoms with E-state index in [9.17, 15) is 0 Å². The second kappa shape index (κ2) is 5.22. The Kier molecular flexibility index (Phi) is 3.21. The molecule has 0 bridgehead atoms. The van der Waals surface area contributed by atoms with Gasteiger partial charge in [-0.15, -0.1) is 0 Å². The summed E-state index contributed by atoms with van der Waals surface area (Å²) in [4.78, 5) is 0. The van der Waals surface area contributed by atoms with Gasteiger partial charge in [0.25, 0.3) is 0 Å². The average Bonchev–Trinajstić information content (AvgIpc) is 2.87. The van der Waals surface area contributed by atoms with E-state index in [1.165, 1.54) is 53.6 Å². The van der Waals surface area contributed by atoms with Crippen molar-refractivity contribution in [3.05, 3.63) is 53.6 Å². The van der Waals surface area contributed by atoms with Crippen LogP contribution in [0.25, 0.3) is 11.1 Å². The summed E-state index contributed by atoms with van der Waals surface area (Å²) in [5, 5.41) is 3.79. The van der Waals surface area contributed by atoms with Gasteiger partial charge in [-0.25, -0.2) is 0 Å². The number of hydrogen-bond donors (Lipinski definition) is 1. The van der Waals surface area contributed by atoms with Crippen LogP contribution in [0, 0.1) is 5.92 Å². The van der Waals surface area contributed by atoms with Crippen LogP contribution in [0.3, 0.4) is 0 Å². The lowest BCUT2D eigenvalue weighted by molar-refractivity contribution is 0.349. The van der Waals surface area contributed by atoms with Crippen molar-refractivity contribution >= 4 is 5.69 Å². The maximum Gasteiger partial charge on any atom is 0.0345 e. The first kappa shape index (κ1) is 12.9. The zero-order valence-electron chi connectivity index (χ0n) is 12.7. The average molecular weight is 277 g/mol. The van der Waals surface area contributed by atoms with Crippen molar-refractivity contribution < 1.29 is 0 Å². The molecule has 1 nitrogen and oxygen atoms in total. The van der Waals surface area contributed by atoms with Gasteiger partial charge in [-0.3, -0.25) is 0 Å². The Morgan fingerprint density at radius 2 is 1.71 bits per heavy atom. The standard InChI is InChI=1S/C20H23N/c1-14-6-2-5-9-20(14)21-17-10-11-19-16(13-17)12-15-7-3-4-8-18(15)19/h3-4,7-8,10-11,13-14,20-21H,2,5-6,9,12H2,1H3. The van der Waals surface area contributed by atoms with Crippen LogP contribution in [0.5, 0.6) is 0 Å². The van der Waals surface area contributed by atoms with Crippen LogP contribution >= 0.6 is 0 Å².